The number of rotatable bonds is 3. The Morgan fingerprint density at radius 1 is 1.21 bits per heavy atom. The van der Waals surface area contributed by atoms with E-state index in [1.165, 1.54) is 0 Å². The van der Waals surface area contributed by atoms with Crippen LogP contribution in [0.5, 0.6) is 0 Å². The minimum atomic E-state index is -1.14. The van der Waals surface area contributed by atoms with Gasteiger partial charge >= 0.3 is 0 Å². The zero-order valence-electron chi connectivity index (χ0n) is 11.2. The fourth-order valence-corrected chi connectivity index (χ4v) is 2.68. The highest BCUT2D eigenvalue weighted by molar-refractivity contribution is 5.49. The molecule has 0 spiro atoms. The molecule has 106 valence electrons. The Balaban J connectivity index is 2.14. The molecule has 2 nitrogen and oxygen atoms in total. The zero-order valence-corrected chi connectivity index (χ0v) is 11.2. The highest BCUT2D eigenvalue weighted by Crippen LogP contribution is 2.27. The molecule has 0 radical (unpaired) electrons. The maximum absolute atomic E-state index is 13.7. The van der Waals surface area contributed by atoms with Crippen LogP contribution < -0.4 is 10.2 Å². The highest BCUT2D eigenvalue weighted by Gasteiger charge is 2.27. The van der Waals surface area contributed by atoms with E-state index >= 15 is 0 Å². The summed E-state index contributed by atoms with van der Waals surface area (Å²) in [4.78, 5) is 1.79. The topological polar surface area (TPSA) is 15.3 Å². The van der Waals surface area contributed by atoms with Crippen molar-refractivity contribution in [1.82, 2.24) is 5.32 Å². The van der Waals surface area contributed by atoms with E-state index in [1.54, 1.807) is 4.90 Å². The van der Waals surface area contributed by atoms with E-state index in [0.29, 0.717) is 31.1 Å². The molecule has 1 N–H and O–H groups in total. The minimum Gasteiger partial charge on any atom is -0.369 e. The monoisotopic (exact) mass is 272 g/mol. The Kier molecular flexibility index (Phi) is 4.34. The van der Waals surface area contributed by atoms with Crippen LogP contribution in [0.3, 0.4) is 0 Å². The number of piperidine rings is 1. The van der Waals surface area contributed by atoms with E-state index in [2.05, 4.69) is 12.2 Å². The Morgan fingerprint density at radius 2 is 1.89 bits per heavy atom. The summed E-state index contributed by atoms with van der Waals surface area (Å²) in [5.41, 5.74) is 0.153. The lowest BCUT2D eigenvalue weighted by molar-refractivity contribution is 0.325. The minimum absolute atomic E-state index is 0.153. The third-order valence-corrected chi connectivity index (χ3v) is 3.70. The summed E-state index contributed by atoms with van der Waals surface area (Å²) in [5, 5.41) is 3.39. The quantitative estimate of drug-likeness (QED) is 0.851. The predicted molar refractivity (Wildman–Crippen MR) is 69.8 cm³/mol. The summed E-state index contributed by atoms with van der Waals surface area (Å²) >= 11 is 0. The van der Waals surface area contributed by atoms with Crippen molar-refractivity contribution >= 4 is 5.69 Å². The van der Waals surface area contributed by atoms with Gasteiger partial charge in [0.2, 0.25) is 0 Å². The summed E-state index contributed by atoms with van der Waals surface area (Å²) in [6.45, 7) is 6.31. The Hall–Kier alpha value is -1.23. The molecular weight excluding hydrogens is 253 g/mol. The second-order valence-corrected chi connectivity index (χ2v) is 5.09. The molecule has 1 aromatic carbocycles. The lowest BCUT2D eigenvalue weighted by Gasteiger charge is -2.38. The first-order valence-electron chi connectivity index (χ1n) is 6.65. The summed E-state index contributed by atoms with van der Waals surface area (Å²) in [6.07, 6.45) is 0.868. The average molecular weight is 272 g/mol. The maximum atomic E-state index is 13.7. The van der Waals surface area contributed by atoms with Crippen molar-refractivity contribution < 1.29 is 13.2 Å². The van der Waals surface area contributed by atoms with E-state index in [-0.39, 0.29) is 5.69 Å². The van der Waals surface area contributed by atoms with Crippen LogP contribution in [0.1, 0.15) is 20.3 Å². The van der Waals surface area contributed by atoms with Gasteiger partial charge in [0.15, 0.2) is 11.6 Å². The van der Waals surface area contributed by atoms with Crippen molar-refractivity contribution in [2.24, 2.45) is 5.92 Å². The molecule has 1 saturated heterocycles. The lowest BCUT2D eigenvalue weighted by atomic mass is 9.93. The third-order valence-electron chi connectivity index (χ3n) is 3.70. The molecule has 1 aromatic rings. The SMILES string of the molecule is CCNC1CCN(c2cc(F)c(F)cc2F)CC1C. The van der Waals surface area contributed by atoms with Gasteiger partial charge in [0.1, 0.15) is 5.82 Å². The molecule has 1 fully saturated rings. The van der Waals surface area contributed by atoms with Crippen LogP contribution in [0.4, 0.5) is 18.9 Å². The first-order chi connectivity index (χ1) is 9.02. The van der Waals surface area contributed by atoms with Gasteiger partial charge in [-0.25, -0.2) is 13.2 Å². The fourth-order valence-electron chi connectivity index (χ4n) is 2.68. The fraction of sp³-hybridized carbons (Fsp3) is 0.571. The zero-order chi connectivity index (χ0) is 14.0. The molecule has 0 bridgehead atoms. The smallest absolute Gasteiger partial charge is 0.161 e. The molecule has 0 amide bonds. The Bertz CT molecular complexity index is 451. The first-order valence-corrected chi connectivity index (χ1v) is 6.65. The maximum Gasteiger partial charge on any atom is 0.161 e. The van der Waals surface area contributed by atoms with Crippen LogP contribution >= 0.6 is 0 Å². The number of anilines is 1. The van der Waals surface area contributed by atoms with Crippen molar-refractivity contribution in [1.29, 1.82) is 0 Å². The van der Waals surface area contributed by atoms with Gasteiger partial charge in [-0.15, -0.1) is 0 Å². The number of hydrogen-bond acceptors (Lipinski definition) is 2. The van der Waals surface area contributed by atoms with Crippen molar-refractivity contribution in [3.8, 4) is 0 Å². The molecule has 5 heteroatoms. The number of benzene rings is 1. The van der Waals surface area contributed by atoms with Crippen LogP contribution in [0, 0.1) is 23.4 Å². The lowest BCUT2D eigenvalue weighted by Crippen LogP contribution is -2.48. The molecule has 2 atom stereocenters. The molecule has 19 heavy (non-hydrogen) atoms. The van der Waals surface area contributed by atoms with Crippen LogP contribution in [0.2, 0.25) is 0 Å². The normalized spacial score (nSPS) is 23.7. The van der Waals surface area contributed by atoms with Gasteiger partial charge in [0.25, 0.3) is 0 Å². The molecule has 0 saturated carbocycles. The van der Waals surface area contributed by atoms with Crippen molar-refractivity contribution in [2.45, 2.75) is 26.3 Å². The van der Waals surface area contributed by atoms with E-state index in [1.807, 2.05) is 6.92 Å². The van der Waals surface area contributed by atoms with Gasteiger partial charge in [0.05, 0.1) is 5.69 Å². The largest absolute Gasteiger partial charge is 0.369 e. The average Bonchev–Trinajstić information content (AvgIpc) is 2.36. The van der Waals surface area contributed by atoms with Crippen LogP contribution in [-0.2, 0) is 0 Å². The highest BCUT2D eigenvalue weighted by atomic mass is 19.2. The number of halogens is 3. The molecule has 2 unspecified atom stereocenters. The van der Waals surface area contributed by atoms with Crippen LogP contribution in [0.25, 0.3) is 0 Å². The Morgan fingerprint density at radius 3 is 2.53 bits per heavy atom. The number of nitrogens with one attached hydrogen (secondary N) is 1. The van der Waals surface area contributed by atoms with Crippen molar-refractivity contribution in [3.63, 3.8) is 0 Å². The van der Waals surface area contributed by atoms with Crippen LogP contribution in [-0.4, -0.2) is 25.7 Å². The summed E-state index contributed by atoms with van der Waals surface area (Å²) in [7, 11) is 0. The molecule has 1 heterocycles. The van der Waals surface area contributed by atoms with E-state index in [0.717, 1.165) is 19.0 Å². The standard InChI is InChI=1S/C14H19F3N2/c1-3-18-13-4-5-19(8-9(13)2)14-7-11(16)10(15)6-12(14)17/h6-7,9,13,18H,3-5,8H2,1-2H3. The van der Waals surface area contributed by atoms with E-state index in [4.69, 9.17) is 0 Å². The van der Waals surface area contributed by atoms with Gasteiger partial charge in [-0.1, -0.05) is 13.8 Å². The van der Waals surface area contributed by atoms with Crippen LogP contribution in [0.15, 0.2) is 12.1 Å². The molecule has 0 aromatic heterocycles. The van der Waals surface area contributed by atoms with Gasteiger partial charge in [-0.2, -0.15) is 0 Å². The number of nitrogens with zero attached hydrogens (tertiary/aromatic N) is 1. The molecule has 2 rings (SSSR count). The molecular formula is C14H19F3N2. The molecule has 0 aliphatic carbocycles. The van der Waals surface area contributed by atoms with Gasteiger partial charge in [0, 0.05) is 31.3 Å². The second kappa shape index (κ2) is 5.82. The van der Waals surface area contributed by atoms with Crippen molar-refractivity contribution in [3.05, 3.63) is 29.6 Å². The Labute approximate surface area is 111 Å². The van der Waals surface area contributed by atoms with Gasteiger partial charge < -0.3 is 10.2 Å². The summed E-state index contributed by atoms with van der Waals surface area (Å²) < 4.78 is 39.9. The van der Waals surface area contributed by atoms with Gasteiger partial charge in [-0.05, 0) is 18.9 Å². The first kappa shape index (κ1) is 14.2. The van der Waals surface area contributed by atoms with Gasteiger partial charge in [-0.3, -0.25) is 0 Å². The molecule has 1 aliphatic heterocycles. The van der Waals surface area contributed by atoms with E-state index < -0.39 is 17.5 Å². The second-order valence-electron chi connectivity index (χ2n) is 5.09. The molecule has 1 aliphatic rings. The summed E-state index contributed by atoms with van der Waals surface area (Å²) in [5.74, 6) is -2.51. The summed E-state index contributed by atoms with van der Waals surface area (Å²) in [6, 6.07) is 1.96. The predicted octanol–water partition coefficient (Wildman–Crippen LogP) is 2.93. The van der Waals surface area contributed by atoms with Crippen molar-refractivity contribution in [2.75, 3.05) is 24.5 Å². The number of hydrogen-bond donors (Lipinski definition) is 1. The van der Waals surface area contributed by atoms with E-state index in [9.17, 15) is 13.2 Å². The third kappa shape index (κ3) is 3.03.